The first-order valence-electron chi connectivity index (χ1n) is 6.49. The lowest BCUT2D eigenvalue weighted by atomic mass is 10.1. The van der Waals surface area contributed by atoms with Crippen LogP contribution in [0.4, 0.5) is 0 Å². The number of hydrogen-bond acceptors (Lipinski definition) is 3. The lowest BCUT2D eigenvalue weighted by Gasteiger charge is -2.17. The van der Waals surface area contributed by atoms with Gasteiger partial charge >= 0.3 is 0 Å². The molecule has 1 unspecified atom stereocenters. The van der Waals surface area contributed by atoms with Crippen LogP contribution in [0.15, 0.2) is 18.2 Å². The number of benzene rings is 1. The van der Waals surface area contributed by atoms with Crippen molar-refractivity contribution in [3.05, 3.63) is 28.8 Å². The van der Waals surface area contributed by atoms with Crippen molar-refractivity contribution >= 4 is 11.6 Å². The van der Waals surface area contributed by atoms with E-state index >= 15 is 0 Å². The minimum atomic E-state index is -0.564. The Kier molecular flexibility index (Phi) is 4.87. The van der Waals surface area contributed by atoms with Gasteiger partial charge < -0.3 is 9.84 Å². The van der Waals surface area contributed by atoms with Crippen molar-refractivity contribution in [3.8, 4) is 5.75 Å². The predicted octanol–water partition coefficient (Wildman–Crippen LogP) is 2.87. The highest BCUT2D eigenvalue weighted by atomic mass is 35.5. The molecule has 0 spiro atoms. The number of hydrogen-bond donors (Lipinski definition) is 1. The molecule has 4 heteroatoms. The van der Waals surface area contributed by atoms with Crippen LogP contribution in [0.5, 0.6) is 5.75 Å². The molecule has 0 bridgehead atoms. The van der Waals surface area contributed by atoms with Gasteiger partial charge in [0, 0.05) is 17.1 Å². The minimum Gasteiger partial charge on any atom is -0.492 e. The molecule has 1 fully saturated rings. The molecule has 100 valence electrons. The molecule has 1 atom stereocenters. The predicted molar refractivity (Wildman–Crippen MR) is 73.3 cm³/mol. The van der Waals surface area contributed by atoms with E-state index in [0.717, 1.165) is 17.9 Å². The number of ether oxygens (including phenoxy) is 1. The summed E-state index contributed by atoms with van der Waals surface area (Å²) in [7, 11) is 0. The first-order valence-corrected chi connectivity index (χ1v) is 6.87. The average molecular weight is 270 g/mol. The molecule has 1 saturated heterocycles. The van der Waals surface area contributed by atoms with E-state index in [1.54, 1.807) is 19.1 Å². The van der Waals surface area contributed by atoms with Gasteiger partial charge in [0.2, 0.25) is 0 Å². The quantitative estimate of drug-likeness (QED) is 0.892. The lowest BCUT2D eigenvalue weighted by molar-refractivity contribution is 0.186. The number of nitrogens with zero attached hydrogens (tertiary/aromatic N) is 1. The minimum absolute atomic E-state index is 0.564. The maximum absolute atomic E-state index is 9.69. The second kappa shape index (κ2) is 6.41. The van der Waals surface area contributed by atoms with Crippen molar-refractivity contribution < 1.29 is 9.84 Å². The van der Waals surface area contributed by atoms with Crippen LogP contribution in [0.3, 0.4) is 0 Å². The maximum atomic E-state index is 9.69. The van der Waals surface area contributed by atoms with E-state index in [-0.39, 0.29) is 0 Å². The number of rotatable bonds is 5. The standard InChI is InChI=1S/C14H20ClNO2/c1-11(17)13-10-12(15)4-5-14(13)18-9-8-16-6-2-3-7-16/h4-5,10-11,17H,2-3,6-9H2,1H3. The van der Waals surface area contributed by atoms with E-state index in [2.05, 4.69) is 4.90 Å². The van der Waals surface area contributed by atoms with Crippen molar-refractivity contribution in [1.82, 2.24) is 4.90 Å². The Bertz CT molecular complexity index is 389. The third-order valence-corrected chi connectivity index (χ3v) is 3.52. The van der Waals surface area contributed by atoms with E-state index < -0.39 is 6.10 Å². The fourth-order valence-electron chi connectivity index (χ4n) is 2.27. The largest absolute Gasteiger partial charge is 0.492 e. The Morgan fingerprint density at radius 1 is 1.39 bits per heavy atom. The maximum Gasteiger partial charge on any atom is 0.125 e. The van der Waals surface area contributed by atoms with Crippen LogP contribution in [0.2, 0.25) is 5.02 Å². The van der Waals surface area contributed by atoms with Crippen molar-refractivity contribution in [2.45, 2.75) is 25.9 Å². The zero-order valence-corrected chi connectivity index (χ0v) is 11.5. The van der Waals surface area contributed by atoms with E-state index in [4.69, 9.17) is 16.3 Å². The van der Waals surface area contributed by atoms with Gasteiger partial charge in [0.15, 0.2) is 0 Å². The fraction of sp³-hybridized carbons (Fsp3) is 0.571. The fourth-order valence-corrected chi connectivity index (χ4v) is 2.45. The van der Waals surface area contributed by atoms with Crippen LogP contribution in [0, 0.1) is 0 Å². The van der Waals surface area contributed by atoms with Crippen molar-refractivity contribution in [2.75, 3.05) is 26.2 Å². The lowest BCUT2D eigenvalue weighted by Crippen LogP contribution is -2.25. The van der Waals surface area contributed by atoms with Gasteiger partial charge in [-0.15, -0.1) is 0 Å². The van der Waals surface area contributed by atoms with Crippen LogP contribution < -0.4 is 4.74 Å². The van der Waals surface area contributed by atoms with Crippen LogP contribution >= 0.6 is 11.6 Å². The Morgan fingerprint density at radius 2 is 2.11 bits per heavy atom. The third-order valence-electron chi connectivity index (χ3n) is 3.29. The summed E-state index contributed by atoms with van der Waals surface area (Å²) < 4.78 is 5.76. The van der Waals surface area contributed by atoms with E-state index in [1.807, 2.05) is 6.07 Å². The van der Waals surface area contributed by atoms with Crippen LogP contribution in [-0.2, 0) is 0 Å². The number of likely N-dealkylation sites (tertiary alicyclic amines) is 1. The highest BCUT2D eigenvalue weighted by Gasteiger charge is 2.13. The molecule has 1 heterocycles. The number of aliphatic hydroxyl groups is 1. The molecule has 1 aliphatic heterocycles. The van der Waals surface area contributed by atoms with E-state index in [0.29, 0.717) is 11.6 Å². The summed E-state index contributed by atoms with van der Waals surface area (Å²) in [4.78, 5) is 2.40. The van der Waals surface area contributed by atoms with Gasteiger partial charge in [-0.2, -0.15) is 0 Å². The molecule has 0 aromatic heterocycles. The van der Waals surface area contributed by atoms with Gasteiger partial charge in [-0.1, -0.05) is 11.6 Å². The molecule has 0 aliphatic carbocycles. The molecule has 1 aromatic rings. The molecule has 1 aromatic carbocycles. The molecule has 2 rings (SSSR count). The summed E-state index contributed by atoms with van der Waals surface area (Å²) in [5.74, 6) is 0.730. The average Bonchev–Trinajstić information content (AvgIpc) is 2.84. The van der Waals surface area contributed by atoms with Crippen LogP contribution in [0.1, 0.15) is 31.4 Å². The summed E-state index contributed by atoms with van der Waals surface area (Å²) in [6, 6.07) is 5.38. The summed E-state index contributed by atoms with van der Waals surface area (Å²) in [5.41, 5.74) is 0.754. The van der Waals surface area contributed by atoms with Gasteiger partial charge in [-0.05, 0) is 51.1 Å². The van der Waals surface area contributed by atoms with E-state index in [9.17, 15) is 5.11 Å². The summed E-state index contributed by atoms with van der Waals surface area (Å²) in [5, 5.41) is 10.3. The zero-order chi connectivity index (χ0) is 13.0. The SMILES string of the molecule is CC(O)c1cc(Cl)ccc1OCCN1CCCC1. The normalized spacial score (nSPS) is 17.9. The topological polar surface area (TPSA) is 32.7 Å². The van der Waals surface area contributed by atoms with Crippen molar-refractivity contribution in [2.24, 2.45) is 0 Å². The highest BCUT2D eigenvalue weighted by molar-refractivity contribution is 6.30. The molecule has 1 N–H and O–H groups in total. The summed E-state index contributed by atoms with van der Waals surface area (Å²) >= 11 is 5.92. The monoisotopic (exact) mass is 269 g/mol. The van der Waals surface area contributed by atoms with Gasteiger partial charge in [-0.25, -0.2) is 0 Å². The first-order chi connectivity index (χ1) is 8.66. The highest BCUT2D eigenvalue weighted by Crippen LogP contribution is 2.28. The van der Waals surface area contributed by atoms with Crippen LogP contribution in [0.25, 0.3) is 0 Å². The Hall–Kier alpha value is -0.770. The van der Waals surface area contributed by atoms with Gasteiger partial charge in [0.25, 0.3) is 0 Å². The number of aliphatic hydroxyl groups excluding tert-OH is 1. The van der Waals surface area contributed by atoms with Gasteiger partial charge in [-0.3, -0.25) is 4.90 Å². The van der Waals surface area contributed by atoms with Crippen LogP contribution in [-0.4, -0.2) is 36.2 Å². The first kappa shape index (κ1) is 13.7. The zero-order valence-electron chi connectivity index (χ0n) is 10.7. The molecule has 0 saturated carbocycles. The van der Waals surface area contributed by atoms with E-state index in [1.165, 1.54) is 25.9 Å². The van der Waals surface area contributed by atoms with Crippen molar-refractivity contribution in [3.63, 3.8) is 0 Å². The molecule has 3 nitrogen and oxygen atoms in total. The summed E-state index contributed by atoms with van der Waals surface area (Å²) in [6.07, 6.45) is 2.02. The molecule has 0 radical (unpaired) electrons. The second-order valence-corrected chi connectivity index (χ2v) is 5.19. The van der Waals surface area contributed by atoms with Crippen molar-refractivity contribution in [1.29, 1.82) is 0 Å². The summed E-state index contributed by atoms with van der Waals surface area (Å²) in [6.45, 7) is 5.67. The molecular weight excluding hydrogens is 250 g/mol. The molecule has 1 aliphatic rings. The third kappa shape index (κ3) is 3.61. The van der Waals surface area contributed by atoms with Gasteiger partial charge in [0.1, 0.15) is 12.4 Å². The Balaban J connectivity index is 1.91. The van der Waals surface area contributed by atoms with Gasteiger partial charge in [0.05, 0.1) is 6.10 Å². The molecule has 0 amide bonds. The Labute approximate surface area is 113 Å². The smallest absolute Gasteiger partial charge is 0.125 e. The molecule has 18 heavy (non-hydrogen) atoms. The second-order valence-electron chi connectivity index (χ2n) is 4.76. The number of halogens is 1. The molecular formula is C14H20ClNO2. The Morgan fingerprint density at radius 3 is 2.78 bits per heavy atom.